The molecular weight excluding hydrogens is 259 g/mol. The summed E-state index contributed by atoms with van der Waals surface area (Å²) in [6, 6.07) is 4.70. The fourth-order valence-corrected chi connectivity index (χ4v) is 1.86. The maximum atomic E-state index is 12.5. The zero-order valence-corrected chi connectivity index (χ0v) is 10.1. The highest BCUT2D eigenvalue weighted by Gasteiger charge is 2.43. The van der Waals surface area contributed by atoms with E-state index in [0.717, 1.165) is 12.1 Å². The first kappa shape index (κ1) is 13.9. The van der Waals surface area contributed by atoms with Gasteiger partial charge in [-0.2, -0.15) is 13.2 Å². The molecule has 1 saturated carbocycles. The van der Waals surface area contributed by atoms with Crippen molar-refractivity contribution in [3.63, 3.8) is 0 Å². The lowest BCUT2D eigenvalue weighted by atomic mass is 10.1. The molecule has 0 radical (unpaired) electrons. The smallest absolute Gasteiger partial charge is 0.394 e. The van der Waals surface area contributed by atoms with Crippen molar-refractivity contribution in [3.05, 3.63) is 35.4 Å². The predicted molar refractivity (Wildman–Crippen MR) is 62.3 cm³/mol. The third kappa shape index (κ3) is 3.47. The van der Waals surface area contributed by atoms with Crippen molar-refractivity contribution in [1.29, 1.82) is 0 Å². The van der Waals surface area contributed by atoms with Crippen molar-refractivity contribution >= 4 is 5.91 Å². The van der Waals surface area contributed by atoms with Gasteiger partial charge in [0.25, 0.3) is 0 Å². The van der Waals surface area contributed by atoms with Crippen molar-refractivity contribution < 1.29 is 23.1 Å². The largest absolute Gasteiger partial charge is 0.416 e. The number of amides is 1. The fourth-order valence-electron chi connectivity index (χ4n) is 1.86. The van der Waals surface area contributed by atoms with Crippen LogP contribution in [0.25, 0.3) is 0 Å². The molecule has 2 rings (SSSR count). The first-order valence-corrected chi connectivity index (χ1v) is 5.93. The third-order valence-electron chi connectivity index (χ3n) is 3.18. The summed E-state index contributed by atoms with van der Waals surface area (Å²) in [5.74, 6) is -0.370. The average Bonchev–Trinajstić information content (AvgIpc) is 3.08. The van der Waals surface area contributed by atoms with Crippen molar-refractivity contribution in [1.82, 2.24) is 5.32 Å². The number of rotatable bonds is 4. The van der Waals surface area contributed by atoms with Crippen LogP contribution in [0.1, 0.15) is 24.0 Å². The molecule has 0 aromatic heterocycles. The summed E-state index contributed by atoms with van der Waals surface area (Å²) in [6.45, 7) is -0.138. The van der Waals surface area contributed by atoms with Gasteiger partial charge in [-0.15, -0.1) is 0 Å². The molecule has 1 aromatic carbocycles. The Morgan fingerprint density at radius 1 is 1.37 bits per heavy atom. The summed E-state index contributed by atoms with van der Waals surface area (Å²) in [7, 11) is 0. The van der Waals surface area contributed by atoms with Crippen molar-refractivity contribution in [3.8, 4) is 0 Å². The van der Waals surface area contributed by atoms with Crippen molar-refractivity contribution in [2.75, 3.05) is 6.61 Å². The fraction of sp³-hybridized carbons (Fsp3) is 0.462. The van der Waals surface area contributed by atoms with Gasteiger partial charge >= 0.3 is 6.18 Å². The van der Waals surface area contributed by atoms with Gasteiger partial charge in [-0.05, 0) is 24.5 Å². The van der Waals surface area contributed by atoms with Gasteiger partial charge in [-0.25, -0.2) is 0 Å². The number of hydrogen-bond acceptors (Lipinski definition) is 2. The lowest BCUT2D eigenvalue weighted by Gasteiger charge is -2.14. The Bertz CT molecular complexity index is 481. The van der Waals surface area contributed by atoms with E-state index in [1.54, 1.807) is 0 Å². The Morgan fingerprint density at radius 3 is 2.58 bits per heavy atom. The molecule has 0 spiro atoms. The minimum atomic E-state index is -4.41. The summed E-state index contributed by atoms with van der Waals surface area (Å²) >= 11 is 0. The van der Waals surface area contributed by atoms with Gasteiger partial charge in [0.15, 0.2) is 0 Å². The summed E-state index contributed by atoms with van der Waals surface area (Å²) < 4.78 is 37.5. The molecule has 3 nitrogen and oxygen atoms in total. The highest BCUT2D eigenvalue weighted by Crippen LogP contribution is 2.34. The van der Waals surface area contributed by atoms with Crippen LogP contribution in [0.4, 0.5) is 13.2 Å². The second kappa shape index (κ2) is 4.85. The SMILES string of the molecule is O=C(Cc1cccc(C(F)(F)F)c1)NC1(CO)CC1. The van der Waals surface area contributed by atoms with Crippen LogP contribution >= 0.6 is 0 Å². The molecule has 1 amide bonds. The zero-order chi connectivity index (χ0) is 14.1. The van der Waals surface area contributed by atoms with Crippen molar-refractivity contribution in [2.45, 2.75) is 31.0 Å². The van der Waals surface area contributed by atoms with Crippen LogP contribution in [0.2, 0.25) is 0 Å². The van der Waals surface area contributed by atoms with E-state index >= 15 is 0 Å². The number of hydrogen-bond donors (Lipinski definition) is 2. The number of aliphatic hydroxyl groups is 1. The molecule has 1 aromatic rings. The first-order chi connectivity index (χ1) is 8.85. The van der Waals surface area contributed by atoms with Gasteiger partial charge < -0.3 is 10.4 Å². The van der Waals surface area contributed by atoms with Crippen LogP contribution < -0.4 is 5.32 Å². The number of aliphatic hydroxyl groups excluding tert-OH is 1. The van der Waals surface area contributed by atoms with E-state index in [1.807, 2.05) is 0 Å². The molecule has 0 atom stereocenters. The van der Waals surface area contributed by atoms with E-state index in [0.29, 0.717) is 18.4 Å². The van der Waals surface area contributed by atoms with Gasteiger partial charge in [0.2, 0.25) is 5.91 Å². The normalized spacial score (nSPS) is 17.1. The molecule has 0 saturated heterocycles. The average molecular weight is 273 g/mol. The molecule has 2 N–H and O–H groups in total. The summed E-state index contributed by atoms with van der Waals surface area (Å²) in [4.78, 5) is 11.7. The van der Waals surface area contributed by atoms with Crippen LogP contribution in [0.3, 0.4) is 0 Å². The van der Waals surface area contributed by atoms with Crippen LogP contribution in [0, 0.1) is 0 Å². The monoisotopic (exact) mass is 273 g/mol. The summed E-state index contributed by atoms with van der Waals surface area (Å²) in [5, 5.41) is 11.7. The van der Waals surface area contributed by atoms with Gasteiger partial charge in [0.05, 0.1) is 24.1 Å². The standard InChI is InChI=1S/C13H14F3NO2/c14-13(15,16)10-3-1-2-9(6-10)7-11(19)17-12(8-18)4-5-12/h1-3,6,18H,4-5,7-8H2,(H,17,19). The zero-order valence-electron chi connectivity index (χ0n) is 10.1. The number of halogens is 3. The first-order valence-electron chi connectivity index (χ1n) is 5.93. The second-order valence-corrected chi connectivity index (χ2v) is 4.86. The Morgan fingerprint density at radius 2 is 2.05 bits per heavy atom. The minimum Gasteiger partial charge on any atom is -0.394 e. The molecular formula is C13H14F3NO2. The lowest BCUT2D eigenvalue weighted by molar-refractivity contribution is -0.137. The number of carbonyl (C=O) groups excluding carboxylic acids is 1. The molecule has 19 heavy (non-hydrogen) atoms. The maximum Gasteiger partial charge on any atom is 0.416 e. The van der Waals surface area contributed by atoms with Crippen LogP contribution in [0.5, 0.6) is 0 Å². The number of alkyl halides is 3. The van der Waals surface area contributed by atoms with E-state index in [4.69, 9.17) is 5.11 Å². The Hall–Kier alpha value is -1.56. The van der Waals surface area contributed by atoms with E-state index in [9.17, 15) is 18.0 Å². The molecule has 1 aliphatic carbocycles. The predicted octanol–water partition coefficient (Wildman–Crippen LogP) is 1.89. The molecule has 0 heterocycles. The number of nitrogens with one attached hydrogen (secondary N) is 1. The van der Waals surface area contributed by atoms with Gasteiger partial charge in [0.1, 0.15) is 0 Å². The molecule has 104 valence electrons. The quantitative estimate of drug-likeness (QED) is 0.880. The van der Waals surface area contributed by atoms with Crippen LogP contribution in [-0.4, -0.2) is 23.2 Å². The van der Waals surface area contributed by atoms with E-state index < -0.39 is 17.3 Å². The molecule has 1 aliphatic rings. The highest BCUT2D eigenvalue weighted by atomic mass is 19.4. The van der Waals surface area contributed by atoms with Gasteiger partial charge in [-0.1, -0.05) is 18.2 Å². The Balaban J connectivity index is 2.01. The van der Waals surface area contributed by atoms with Crippen LogP contribution in [0.15, 0.2) is 24.3 Å². The molecule has 6 heteroatoms. The summed E-state index contributed by atoms with van der Waals surface area (Å²) in [6.07, 6.45) is -3.11. The Kier molecular flexibility index (Phi) is 3.54. The van der Waals surface area contributed by atoms with E-state index in [-0.39, 0.29) is 18.9 Å². The number of benzene rings is 1. The minimum absolute atomic E-state index is 0.119. The second-order valence-electron chi connectivity index (χ2n) is 4.86. The molecule has 0 unspecified atom stereocenters. The van der Waals surface area contributed by atoms with Gasteiger partial charge in [0, 0.05) is 0 Å². The van der Waals surface area contributed by atoms with E-state index in [1.165, 1.54) is 12.1 Å². The van der Waals surface area contributed by atoms with E-state index in [2.05, 4.69) is 5.32 Å². The van der Waals surface area contributed by atoms with Crippen molar-refractivity contribution in [2.24, 2.45) is 0 Å². The molecule has 0 aliphatic heterocycles. The Labute approximate surface area is 108 Å². The third-order valence-corrected chi connectivity index (χ3v) is 3.18. The number of carbonyl (C=O) groups is 1. The topological polar surface area (TPSA) is 49.3 Å². The molecule has 0 bridgehead atoms. The van der Waals surface area contributed by atoms with Gasteiger partial charge in [-0.3, -0.25) is 4.79 Å². The molecule has 1 fully saturated rings. The van der Waals surface area contributed by atoms with Crippen LogP contribution in [-0.2, 0) is 17.4 Å². The maximum absolute atomic E-state index is 12.5. The summed E-state index contributed by atoms with van der Waals surface area (Å²) in [5.41, 5.74) is -0.999. The lowest BCUT2D eigenvalue weighted by Crippen LogP contribution is -2.40. The highest BCUT2D eigenvalue weighted by molar-refractivity contribution is 5.79.